The van der Waals surface area contributed by atoms with Gasteiger partial charge in [-0.3, -0.25) is 9.80 Å². The predicted molar refractivity (Wildman–Crippen MR) is 219 cm³/mol. The number of sulfonamides is 2. The van der Waals surface area contributed by atoms with Crippen molar-refractivity contribution < 1.29 is 26.3 Å². The Balaban J connectivity index is 1.31. The standard InChI is InChI=1S/C42H58N4O6S2/c1-51-41-21-19-35(29-39(41)31-43-53(3,47)48)23-27-45(33-37-15-9-7-10-16-37)25-13-5-6-14-26-46(34-38-17-11-8-12-18-38)28-24-36-20-22-42(52-2)40(30-36)32-44-54(4,49)50/h7-12,15-22,29-30,43-44H,5-6,13-14,23-28,31-34H2,1-4H3. The lowest BCUT2D eigenvalue weighted by atomic mass is 10.1. The van der Waals surface area contributed by atoms with Crippen LogP contribution in [-0.4, -0.2) is 79.5 Å². The van der Waals surface area contributed by atoms with Crippen molar-refractivity contribution in [3.05, 3.63) is 130 Å². The number of benzene rings is 4. The van der Waals surface area contributed by atoms with Crippen molar-refractivity contribution in [3.8, 4) is 11.5 Å². The average Bonchev–Trinajstić information content (AvgIpc) is 3.15. The fourth-order valence-electron chi connectivity index (χ4n) is 6.49. The smallest absolute Gasteiger partial charge is 0.209 e. The third-order valence-electron chi connectivity index (χ3n) is 9.37. The molecule has 0 saturated heterocycles. The molecular formula is C42H58N4O6S2. The molecule has 0 aliphatic rings. The van der Waals surface area contributed by atoms with Crippen LogP contribution >= 0.6 is 0 Å². The summed E-state index contributed by atoms with van der Waals surface area (Å²) in [7, 11) is -3.43. The molecule has 12 heteroatoms. The number of unbranched alkanes of at least 4 members (excludes halogenated alkanes) is 3. The molecule has 0 spiro atoms. The molecule has 0 saturated carbocycles. The van der Waals surface area contributed by atoms with Crippen molar-refractivity contribution in [2.24, 2.45) is 0 Å². The van der Waals surface area contributed by atoms with Crippen molar-refractivity contribution in [2.75, 3.05) is 52.9 Å². The van der Waals surface area contributed by atoms with Crippen LogP contribution in [-0.2, 0) is 59.1 Å². The van der Waals surface area contributed by atoms with E-state index in [9.17, 15) is 16.8 Å². The molecule has 10 nitrogen and oxygen atoms in total. The maximum atomic E-state index is 11.7. The van der Waals surface area contributed by atoms with E-state index in [1.807, 2.05) is 36.4 Å². The maximum absolute atomic E-state index is 11.7. The minimum absolute atomic E-state index is 0.194. The summed E-state index contributed by atoms with van der Waals surface area (Å²) in [6.07, 6.45) is 8.52. The molecular weight excluding hydrogens is 721 g/mol. The average molecular weight is 779 g/mol. The van der Waals surface area contributed by atoms with E-state index >= 15 is 0 Å². The lowest BCUT2D eigenvalue weighted by Gasteiger charge is -2.24. The van der Waals surface area contributed by atoms with Gasteiger partial charge in [-0.25, -0.2) is 26.3 Å². The van der Waals surface area contributed by atoms with Crippen LogP contribution < -0.4 is 18.9 Å². The molecule has 0 atom stereocenters. The number of nitrogens with one attached hydrogen (secondary N) is 2. The van der Waals surface area contributed by atoms with E-state index in [0.29, 0.717) is 11.5 Å². The largest absolute Gasteiger partial charge is 0.496 e. The molecule has 0 radical (unpaired) electrons. The minimum atomic E-state index is -3.32. The fraction of sp³-hybridized carbons (Fsp3) is 0.429. The Morgan fingerprint density at radius 3 is 1.24 bits per heavy atom. The van der Waals surface area contributed by atoms with E-state index < -0.39 is 20.0 Å². The predicted octanol–water partition coefficient (Wildman–Crippen LogP) is 6.15. The first-order valence-corrected chi connectivity index (χ1v) is 22.4. The van der Waals surface area contributed by atoms with Gasteiger partial charge in [0.15, 0.2) is 0 Å². The molecule has 0 amide bonds. The third kappa shape index (κ3) is 16.3. The molecule has 4 aromatic carbocycles. The minimum Gasteiger partial charge on any atom is -0.496 e. The van der Waals surface area contributed by atoms with Crippen molar-refractivity contribution in [2.45, 2.75) is 64.7 Å². The lowest BCUT2D eigenvalue weighted by molar-refractivity contribution is 0.250. The van der Waals surface area contributed by atoms with E-state index in [0.717, 1.165) is 113 Å². The summed E-state index contributed by atoms with van der Waals surface area (Å²) in [6, 6.07) is 33.2. The summed E-state index contributed by atoms with van der Waals surface area (Å²) in [5, 5.41) is 0. The lowest BCUT2D eigenvalue weighted by Crippen LogP contribution is -2.28. The maximum Gasteiger partial charge on any atom is 0.209 e. The second kappa shape index (κ2) is 21.9. The highest BCUT2D eigenvalue weighted by molar-refractivity contribution is 7.88. The highest BCUT2D eigenvalue weighted by Crippen LogP contribution is 2.22. The van der Waals surface area contributed by atoms with E-state index in [4.69, 9.17) is 9.47 Å². The van der Waals surface area contributed by atoms with E-state index in [-0.39, 0.29) is 13.1 Å². The first-order valence-electron chi connectivity index (χ1n) is 18.6. The zero-order valence-corrected chi connectivity index (χ0v) is 33.9. The number of rotatable bonds is 25. The summed E-state index contributed by atoms with van der Waals surface area (Å²) in [4.78, 5) is 5.04. The van der Waals surface area contributed by atoms with Crippen LogP contribution in [0.5, 0.6) is 11.5 Å². The summed E-state index contributed by atoms with van der Waals surface area (Å²) in [5.41, 5.74) is 6.53. The Labute approximate surface area is 324 Å². The summed E-state index contributed by atoms with van der Waals surface area (Å²) >= 11 is 0. The third-order valence-corrected chi connectivity index (χ3v) is 10.7. The molecule has 0 fully saturated rings. The molecule has 0 aliphatic heterocycles. The molecule has 4 aromatic rings. The zero-order valence-electron chi connectivity index (χ0n) is 32.3. The normalized spacial score (nSPS) is 12.0. The summed E-state index contributed by atoms with van der Waals surface area (Å²) < 4.78 is 63.1. The zero-order chi connectivity index (χ0) is 38.8. The van der Waals surface area contributed by atoms with Gasteiger partial charge in [0.25, 0.3) is 0 Å². The van der Waals surface area contributed by atoms with Crippen molar-refractivity contribution in [3.63, 3.8) is 0 Å². The van der Waals surface area contributed by atoms with E-state index in [2.05, 4.69) is 79.9 Å². The first kappa shape index (κ1) is 43.0. The van der Waals surface area contributed by atoms with Gasteiger partial charge < -0.3 is 9.47 Å². The van der Waals surface area contributed by atoms with Crippen LogP contribution in [0.1, 0.15) is 59.1 Å². The molecule has 0 bridgehead atoms. The van der Waals surface area contributed by atoms with Gasteiger partial charge in [0.1, 0.15) is 11.5 Å². The summed E-state index contributed by atoms with van der Waals surface area (Å²) in [6.45, 7) is 5.92. The Morgan fingerprint density at radius 2 is 0.889 bits per heavy atom. The van der Waals surface area contributed by atoms with Crippen LogP contribution in [0.4, 0.5) is 0 Å². The molecule has 294 valence electrons. The molecule has 0 heterocycles. The van der Waals surface area contributed by atoms with Gasteiger partial charge >= 0.3 is 0 Å². The topological polar surface area (TPSA) is 117 Å². The second-order valence-corrected chi connectivity index (χ2v) is 17.6. The molecule has 0 unspecified atom stereocenters. The number of hydrogen-bond acceptors (Lipinski definition) is 8. The first-order chi connectivity index (χ1) is 25.9. The monoisotopic (exact) mass is 778 g/mol. The number of methoxy groups -OCH3 is 2. The van der Waals surface area contributed by atoms with Crippen LogP contribution in [0.25, 0.3) is 0 Å². The molecule has 0 aliphatic carbocycles. The summed E-state index contributed by atoms with van der Waals surface area (Å²) in [5.74, 6) is 1.35. The Morgan fingerprint density at radius 1 is 0.500 bits per heavy atom. The number of ether oxygens (including phenoxy) is 2. The van der Waals surface area contributed by atoms with Crippen LogP contribution in [0.2, 0.25) is 0 Å². The van der Waals surface area contributed by atoms with E-state index in [1.54, 1.807) is 14.2 Å². The van der Waals surface area contributed by atoms with Crippen molar-refractivity contribution >= 4 is 20.0 Å². The van der Waals surface area contributed by atoms with Gasteiger partial charge in [-0.15, -0.1) is 0 Å². The highest BCUT2D eigenvalue weighted by Gasteiger charge is 2.13. The SMILES string of the molecule is COc1ccc(CCN(CCCCCCN(CCc2ccc(OC)c(CNS(C)(=O)=O)c2)Cc2ccccc2)Cc2ccccc2)cc1CNS(C)(=O)=O. The number of hydrogen-bond donors (Lipinski definition) is 2. The molecule has 0 aromatic heterocycles. The molecule has 4 rings (SSSR count). The van der Waals surface area contributed by atoms with Gasteiger partial charge in [-0.1, -0.05) is 97.8 Å². The van der Waals surface area contributed by atoms with Crippen LogP contribution in [0.3, 0.4) is 0 Å². The quantitative estimate of drug-likeness (QED) is 0.0771. The van der Waals surface area contributed by atoms with Crippen molar-refractivity contribution in [1.82, 2.24) is 19.2 Å². The Kier molecular flexibility index (Phi) is 17.5. The van der Waals surface area contributed by atoms with Gasteiger partial charge in [-0.2, -0.15) is 0 Å². The second-order valence-electron chi connectivity index (χ2n) is 13.9. The van der Waals surface area contributed by atoms with Crippen LogP contribution in [0, 0.1) is 0 Å². The van der Waals surface area contributed by atoms with Crippen LogP contribution in [0.15, 0.2) is 97.1 Å². The van der Waals surface area contributed by atoms with Gasteiger partial charge in [0.05, 0.1) is 26.7 Å². The Hall–Kier alpha value is -3.78. The number of nitrogens with zero attached hydrogens (tertiary/aromatic N) is 2. The van der Waals surface area contributed by atoms with Crippen molar-refractivity contribution in [1.29, 1.82) is 0 Å². The van der Waals surface area contributed by atoms with Gasteiger partial charge in [0.2, 0.25) is 20.0 Å². The molecule has 2 N–H and O–H groups in total. The fourth-order valence-corrected chi connectivity index (χ4v) is 7.33. The van der Waals surface area contributed by atoms with E-state index in [1.165, 1.54) is 11.1 Å². The highest BCUT2D eigenvalue weighted by atomic mass is 32.2. The van der Waals surface area contributed by atoms with Gasteiger partial charge in [0, 0.05) is 50.4 Å². The van der Waals surface area contributed by atoms with Gasteiger partial charge in [-0.05, 0) is 73.2 Å². The Bertz CT molecular complexity index is 1790. The molecule has 54 heavy (non-hydrogen) atoms.